The zero-order valence-corrected chi connectivity index (χ0v) is 21.0. The first-order chi connectivity index (χ1) is 14.9. The fourth-order valence-corrected chi connectivity index (χ4v) is 5.08. The molecule has 1 aliphatic rings. The van der Waals surface area contributed by atoms with Crippen molar-refractivity contribution < 1.29 is 9.72 Å². The molecule has 6 heteroatoms. The maximum Gasteiger partial charge on any atom is 0.269 e. The van der Waals surface area contributed by atoms with Gasteiger partial charge in [0.2, 0.25) is 5.78 Å². The van der Waals surface area contributed by atoms with Crippen molar-refractivity contribution >= 4 is 30.8 Å². The minimum atomic E-state index is -1.73. The highest BCUT2D eigenvalue weighted by Crippen LogP contribution is 2.42. The summed E-state index contributed by atoms with van der Waals surface area (Å²) in [6, 6.07) is 12.6. The Morgan fingerprint density at radius 2 is 1.47 bits per heavy atom. The van der Waals surface area contributed by atoms with Crippen LogP contribution in [-0.2, 0) is 4.79 Å². The smallest absolute Gasteiger partial charge is 0.269 e. The molecular weight excluding hydrogens is 416 g/mol. The third kappa shape index (κ3) is 4.75. The molecule has 2 aromatic rings. The number of hydrogen-bond acceptors (Lipinski definition) is 4. The Labute approximate surface area is 191 Å². The number of benzene rings is 2. The number of carbonyl (C=O) groups is 1. The fourth-order valence-electron chi connectivity index (χ4n) is 3.99. The van der Waals surface area contributed by atoms with Crippen LogP contribution in [0.15, 0.2) is 60.1 Å². The maximum atomic E-state index is 13.7. The molecule has 32 heavy (non-hydrogen) atoms. The lowest BCUT2D eigenvalue weighted by Crippen LogP contribution is -2.25. The average Bonchev–Trinajstić information content (AvgIpc) is 3.01. The van der Waals surface area contributed by atoms with E-state index in [1.807, 2.05) is 6.20 Å². The van der Waals surface area contributed by atoms with E-state index in [-0.39, 0.29) is 11.5 Å². The molecule has 168 valence electrons. The number of carbonyl (C=O) groups excluding carboxylic acids is 1. The molecule has 2 aromatic carbocycles. The molecule has 0 aliphatic carbocycles. The Bertz CT molecular complexity index is 1080. The number of nitro benzene ring substituents is 1. The van der Waals surface area contributed by atoms with Crippen LogP contribution in [0.5, 0.6) is 0 Å². The fraction of sp³-hybridized carbons (Fsp3) is 0.346. The predicted molar refractivity (Wildman–Crippen MR) is 135 cm³/mol. The highest BCUT2D eigenvalue weighted by Gasteiger charge is 2.34. The Hall–Kier alpha value is -2.99. The predicted octanol–water partition coefficient (Wildman–Crippen LogP) is 7.03. The molecule has 0 atom stereocenters. The second-order valence-electron chi connectivity index (χ2n) is 10.0. The van der Waals surface area contributed by atoms with E-state index in [4.69, 9.17) is 0 Å². The summed E-state index contributed by atoms with van der Waals surface area (Å²) in [6.45, 7) is 15.3. The molecule has 5 nitrogen and oxygen atoms in total. The first-order valence-electron chi connectivity index (χ1n) is 11.1. The lowest BCUT2D eigenvalue weighted by atomic mass is 9.92. The number of Topliss-reactive ketones (excluding diaryl/α,β-unsaturated/α-hetero) is 1. The van der Waals surface area contributed by atoms with Gasteiger partial charge in [-0.3, -0.25) is 14.9 Å². The number of rotatable bonds is 6. The van der Waals surface area contributed by atoms with Crippen molar-refractivity contribution in [3.05, 3.63) is 86.9 Å². The molecule has 0 radical (unpaired) electrons. The molecule has 0 aromatic heterocycles. The highest BCUT2D eigenvalue weighted by molar-refractivity contribution is 6.81. The van der Waals surface area contributed by atoms with Crippen molar-refractivity contribution in [2.75, 3.05) is 4.90 Å². The van der Waals surface area contributed by atoms with Crippen LogP contribution in [-0.4, -0.2) is 18.8 Å². The average molecular weight is 449 g/mol. The van der Waals surface area contributed by atoms with Crippen LogP contribution in [0.25, 0.3) is 5.57 Å². The van der Waals surface area contributed by atoms with E-state index in [9.17, 15) is 14.9 Å². The summed E-state index contributed by atoms with van der Waals surface area (Å²) < 4.78 is 0. The lowest BCUT2D eigenvalue weighted by Gasteiger charge is -2.28. The van der Waals surface area contributed by atoms with Crippen molar-refractivity contribution in [3.63, 3.8) is 0 Å². The quantitative estimate of drug-likeness (QED) is 0.206. The Balaban J connectivity index is 2.25. The van der Waals surface area contributed by atoms with Gasteiger partial charge in [0.1, 0.15) is 0 Å². The van der Waals surface area contributed by atoms with Crippen LogP contribution >= 0.6 is 0 Å². The van der Waals surface area contributed by atoms with Crippen LogP contribution in [0.2, 0.25) is 19.6 Å². The van der Waals surface area contributed by atoms with E-state index in [1.54, 1.807) is 12.1 Å². The van der Waals surface area contributed by atoms with E-state index < -0.39 is 13.0 Å². The molecule has 1 aliphatic heterocycles. The third-order valence-electron chi connectivity index (χ3n) is 5.54. The summed E-state index contributed by atoms with van der Waals surface area (Å²) in [6.07, 6.45) is 1.92. The summed E-state index contributed by atoms with van der Waals surface area (Å²) in [7, 11) is -1.73. The molecular formula is C26H32N2O3Si. The maximum absolute atomic E-state index is 13.7. The highest BCUT2D eigenvalue weighted by atomic mass is 28.3. The third-order valence-corrected chi connectivity index (χ3v) is 6.68. The van der Waals surface area contributed by atoms with Gasteiger partial charge >= 0.3 is 0 Å². The number of allylic oxidation sites excluding steroid dienone is 1. The van der Waals surface area contributed by atoms with Gasteiger partial charge < -0.3 is 4.90 Å². The lowest BCUT2D eigenvalue weighted by molar-refractivity contribution is -0.384. The minimum absolute atomic E-state index is 0.0155. The molecule has 0 unspecified atom stereocenters. The van der Waals surface area contributed by atoms with Gasteiger partial charge in [0.25, 0.3) is 5.69 Å². The molecule has 0 fully saturated rings. The number of para-hydroxylation sites is 1. The van der Waals surface area contributed by atoms with Gasteiger partial charge in [-0.2, -0.15) is 0 Å². The van der Waals surface area contributed by atoms with Crippen molar-refractivity contribution in [2.45, 2.75) is 59.2 Å². The van der Waals surface area contributed by atoms with Crippen molar-refractivity contribution in [3.8, 4) is 0 Å². The number of nitro groups is 1. The van der Waals surface area contributed by atoms with E-state index >= 15 is 0 Å². The SMILES string of the molecule is CC(C)c1cccc(C(C)C)c1N1C=C(c2ccc([N+](=O)[O-])cc2)C(=O)/C1=C\[Si](C)(C)C. The molecule has 3 rings (SSSR count). The monoisotopic (exact) mass is 448 g/mol. The number of nitrogens with zero attached hydrogens (tertiary/aromatic N) is 2. The van der Waals surface area contributed by atoms with E-state index in [2.05, 4.69) is 76.1 Å². The van der Waals surface area contributed by atoms with E-state index in [0.717, 1.165) is 5.69 Å². The normalized spacial score (nSPS) is 15.8. The molecule has 0 N–H and O–H groups in total. The zero-order valence-electron chi connectivity index (χ0n) is 20.0. The van der Waals surface area contributed by atoms with Crippen molar-refractivity contribution in [1.29, 1.82) is 0 Å². The Morgan fingerprint density at radius 3 is 1.91 bits per heavy atom. The summed E-state index contributed by atoms with van der Waals surface area (Å²) in [5.74, 6) is 0.557. The van der Waals surface area contributed by atoms with Crippen LogP contribution in [0.1, 0.15) is 56.2 Å². The van der Waals surface area contributed by atoms with Crippen molar-refractivity contribution in [1.82, 2.24) is 0 Å². The second-order valence-corrected chi connectivity index (χ2v) is 15.1. The summed E-state index contributed by atoms with van der Waals surface area (Å²) in [5.41, 5.74) is 7.60. The molecule has 0 amide bonds. The van der Waals surface area contributed by atoms with Gasteiger partial charge in [0.15, 0.2) is 0 Å². The number of ketones is 1. The van der Waals surface area contributed by atoms with Crippen LogP contribution < -0.4 is 4.90 Å². The standard InChI is InChI=1S/C26H32N2O3Si/c1-17(2)21-9-8-10-22(18(3)4)25(21)27-15-23(26(29)24(27)16-32(5,6)7)19-11-13-20(14-12-19)28(30)31/h8-18H,1-7H3/b24-16+. The number of non-ortho nitro benzene ring substituents is 1. The molecule has 0 bridgehead atoms. The summed E-state index contributed by atoms with van der Waals surface area (Å²) in [4.78, 5) is 26.4. The first kappa shape index (κ1) is 23.7. The van der Waals surface area contributed by atoms with Gasteiger partial charge in [0.05, 0.1) is 24.4 Å². The van der Waals surface area contributed by atoms with Crippen LogP contribution in [0.4, 0.5) is 11.4 Å². The number of anilines is 1. The minimum Gasteiger partial charge on any atom is -0.313 e. The topological polar surface area (TPSA) is 63.4 Å². The van der Waals surface area contributed by atoms with Crippen molar-refractivity contribution in [2.24, 2.45) is 0 Å². The first-order valence-corrected chi connectivity index (χ1v) is 14.6. The van der Waals surface area contributed by atoms with E-state index in [1.165, 1.54) is 23.3 Å². The molecule has 0 saturated carbocycles. The Morgan fingerprint density at radius 1 is 0.938 bits per heavy atom. The largest absolute Gasteiger partial charge is 0.313 e. The second kappa shape index (κ2) is 8.86. The molecule has 0 spiro atoms. The van der Waals surface area contributed by atoms with Gasteiger partial charge in [0, 0.05) is 23.9 Å². The van der Waals surface area contributed by atoms with Crippen LogP contribution in [0, 0.1) is 10.1 Å². The Kier molecular flexibility index (Phi) is 6.55. The van der Waals surface area contributed by atoms with E-state index in [0.29, 0.717) is 28.7 Å². The van der Waals surface area contributed by atoms with Crippen LogP contribution in [0.3, 0.4) is 0 Å². The molecule has 1 heterocycles. The van der Waals surface area contributed by atoms with Gasteiger partial charge in [-0.1, -0.05) is 71.2 Å². The zero-order chi connectivity index (χ0) is 23.8. The summed E-state index contributed by atoms with van der Waals surface area (Å²) in [5, 5.41) is 11.1. The van der Waals surface area contributed by atoms with Gasteiger partial charge in [-0.15, -0.1) is 0 Å². The van der Waals surface area contributed by atoms with Gasteiger partial charge in [-0.05, 0) is 40.7 Å². The number of hydrogen-bond donors (Lipinski definition) is 0. The van der Waals surface area contributed by atoms with Gasteiger partial charge in [-0.25, -0.2) is 0 Å². The molecule has 0 saturated heterocycles. The summed E-state index contributed by atoms with van der Waals surface area (Å²) >= 11 is 0.